The maximum atomic E-state index is 12.4. The Bertz CT molecular complexity index is 901. The van der Waals surface area contributed by atoms with Crippen LogP contribution in [0.1, 0.15) is 41.0 Å². The first-order valence-corrected chi connectivity index (χ1v) is 9.43. The molecule has 7 heteroatoms. The Morgan fingerprint density at radius 1 is 0.960 bits per heavy atom. The normalized spacial score (nSPS) is 15.4. The number of nitrogens with one attached hydrogen (secondary N) is 1. The number of amides is 2. The maximum Gasteiger partial charge on any atom is 0.266 e. The van der Waals surface area contributed by atoms with Crippen molar-refractivity contribution in [3.63, 3.8) is 0 Å². The van der Waals surface area contributed by atoms with Gasteiger partial charge < -0.3 is 0 Å². The number of sulfonamides is 1. The summed E-state index contributed by atoms with van der Waals surface area (Å²) in [6, 6.07) is 12.1. The first kappa shape index (κ1) is 17.3. The van der Waals surface area contributed by atoms with Crippen LogP contribution in [0.3, 0.4) is 0 Å². The van der Waals surface area contributed by atoms with Crippen LogP contribution in [-0.2, 0) is 10.0 Å². The van der Waals surface area contributed by atoms with E-state index in [9.17, 15) is 18.0 Å². The molecule has 0 saturated carbocycles. The molecular weight excluding hydrogens is 340 g/mol. The third kappa shape index (κ3) is 3.08. The fourth-order valence-corrected chi connectivity index (χ4v) is 3.94. The standard InChI is InChI=1S/C18H18N2O4S/c1-3-12(2)19-25(23,24)14-10-8-13(9-11-14)20-17(21)15-6-4-5-7-16(15)18(20)22/h4-12,19H,3H2,1-2H3. The number of carbonyl (C=O) groups is 2. The summed E-state index contributed by atoms with van der Waals surface area (Å²) in [4.78, 5) is 26.0. The average Bonchev–Trinajstić information content (AvgIpc) is 2.86. The first-order valence-electron chi connectivity index (χ1n) is 7.95. The highest BCUT2D eigenvalue weighted by Gasteiger charge is 2.36. The highest BCUT2D eigenvalue weighted by Crippen LogP contribution is 2.28. The zero-order valence-corrected chi connectivity index (χ0v) is 14.7. The number of hydrogen-bond donors (Lipinski definition) is 1. The van der Waals surface area contributed by atoms with Crippen LogP contribution in [0, 0.1) is 0 Å². The minimum atomic E-state index is -3.63. The lowest BCUT2D eigenvalue weighted by Crippen LogP contribution is -2.32. The molecule has 0 fully saturated rings. The smallest absolute Gasteiger partial charge is 0.266 e. The van der Waals surface area contributed by atoms with Gasteiger partial charge in [0.25, 0.3) is 11.8 Å². The minimum Gasteiger partial charge on any atom is -0.268 e. The molecule has 1 N–H and O–H groups in total. The van der Waals surface area contributed by atoms with E-state index in [2.05, 4.69) is 4.72 Å². The van der Waals surface area contributed by atoms with E-state index in [0.717, 1.165) is 4.90 Å². The van der Waals surface area contributed by atoms with Gasteiger partial charge in [-0.3, -0.25) is 9.59 Å². The van der Waals surface area contributed by atoms with Gasteiger partial charge in [0.1, 0.15) is 0 Å². The molecule has 0 aromatic heterocycles. The van der Waals surface area contributed by atoms with Gasteiger partial charge >= 0.3 is 0 Å². The average molecular weight is 358 g/mol. The second-order valence-electron chi connectivity index (χ2n) is 5.92. The molecule has 1 unspecified atom stereocenters. The number of rotatable bonds is 5. The molecule has 1 aliphatic rings. The van der Waals surface area contributed by atoms with Crippen LogP contribution in [0.2, 0.25) is 0 Å². The number of fused-ring (bicyclic) bond motifs is 1. The predicted octanol–water partition coefficient (Wildman–Crippen LogP) is 2.56. The molecule has 3 rings (SSSR count). The Labute approximate surface area is 146 Å². The summed E-state index contributed by atoms with van der Waals surface area (Å²) in [5.74, 6) is -0.817. The van der Waals surface area contributed by atoms with Crippen LogP contribution in [0.15, 0.2) is 53.4 Å². The molecule has 130 valence electrons. The lowest BCUT2D eigenvalue weighted by atomic mass is 10.1. The molecule has 1 heterocycles. The van der Waals surface area contributed by atoms with Crippen molar-refractivity contribution in [2.24, 2.45) is 0 Å². The van der Waals surface area contributed by atoms with E-state index in [1.54, 1.807) is 31.2 Å². The van der Waals surface area contributed by atoms with Crippen molar-refractivity contribution in [3.8, 4) is 0 Å². The Morgan fingerprint density at radius 3 is 1.96 bits per heavy atom. The highest BCUT2D eigenvalue weighted by molar-refractivity contribution is 7.89. The molecule has 0 bridgehead atoms. The van der Waals surface area contributed by atoms with Gasteiger partial charge in [0.05, 0.1) is 21.7 Å². The van der Waals surface area contributed by atoms with E-state index < -0.39 is 21.8 Å². The highest BCUT2D eigenvalue weighted by atomic mass is 32.2. The van der Waals surface area contributed by atoms with Gasteiger partial charge in [0.15, 0.2) is 0 Å². The van der Waals surface area contributed by atoms with Gasteiger partial charge in [-0.25, -0.2) is 18.0 Å². The summed E-state index contributed by atoms with van der Waals surface area (Å²) in [7, 11) is -3.63. The summed E-state index contributed by atoms with van der Waals surface area (Å²) >= 11 is 0. The van der Waals surface area contributed by atoms with Crippen molar-refractivity contribution in [3.05, 3.63) is 59.7 Å². The van der Waals surface area contributed by atoms with E-state index in [4.69, 9.17) is 0 Å². The molecule has 1 atom stereocenters. The van der Waals surface area contributed by atoms with Crippen LogP contribution in [0.5, 0.6) is 0 Å². The number of nitrogens with zero attached hydrogens (tertiary/aromatic N) is 1. The molecule has 2 aromatic rings. The van der Waals surface area contributed by atoms with Crippen LogP contribution >= 0.6 is 0 Å². The third-order valence-electron chi connectivity index (χ3n) is 4.17. The largest absolute Gasteiger partial charge is 0.268 e. The van der Waals surface area contributed by atoms with Crippen molar-refractivity contribution in [1.82, 2.24) is 4.72 Å². The molecule has 2 aromatic carbocycles. The Hall–Kier alpha value is -2.51. The van der Waals surface area contributed by atoms with Crippen LogP contribution in [0.25, 0.3) is 0 Å². The van der Waals surface area contributed by atoms with Crippen LogP contribution in [-0.4, -0.2) is 26.3 Å². The first-order chi connectivity index (χ1) is 11.8. The topological polar surface area (TPSA) is 83.6 Å². The molecule has 0 aliphatic carbocycles. The summed E-state index contributed by atoms with van der Waals surface area (Å²) in [6.45, 7) is 3.67. The molecular formula is C18H18N2O4S. The monoisotopic (exact) mass is 358 g/mol. The predicted molar refractivity (Wildman–Crippen MR) is 94.1 cm³/mol. The summed E-state index contributed by atoms with van der Waals surface area (Å²) in [5.41, 5.74) is 1.04. The van der Waals surface area contributed by atoms with Crippen molar-refractivity contribution in [2.45, 2.75) is 31.2 Å². The van der Waals surface area contributed by atoms with Crippen molar-refractivity contribution in [2.75, 3.05) is 4.90 Å². The molecule has 1 aliphatic heterocycles. The van der Waals surface area contributed by atoms with Crippen molar-refractivity contribution >= 4 is 27.5 Å². The molecule has 2 amide bonds. The molecule has 6 nitrogen and oxygen atoms in total. The number of benzene rings is 2. The second-order valence-corrected chi connectivity index (χ2v) is 7.63. The molecule has 25 heavy (non-hydrogen) atoms. The Morgan fingerprint density at radius 2 is 1.48 bits per heavy atom. The fourth-order valence-electron chi connectivity index (χ4n) is 2.61. The van der Waals surface area contributed by atoms with Gasteiger partial charge in [0.2, 0.25) is 10.0 Å². The number of imide groups is 1. The zero-order valence-electron chi connectivity index (χ0n) is 13.9. The number of hydrogen-bond acceptors (Lipinski definition) is 4. The number of anilines is 1. The van der Waals surface area contributed by atoms with E-state index in [1.165, 1.54) is 24.3 Å². The summed E-state index contributed by atoms with van der Waals surface area (Å²) < 4.78 is 27.1. The lowest BCUT2D eigenvalue weighted by Gasteiger charge is -2.15. The van der Waals surface area contributed by atoms with Gasteiger partial charge in [-0.15, -0.1) is 0 Å². The second kappa shape index (κ2) is 6.42. The quantitative estimate of drug-likeness (QED) is 0.833. The minimum absolute atomic E-state index is 0.0909. The van der Waals surface area contributed by atoms with E-state index in [1.807, 2.05) is 6.92 Å². The van der Waals surface area contributed by atoms with E-state index in [0.29, 0.717) is 23.2 Å². The molecule has 0 radical (unpaired) electrons. The lowest BCUT2D eigenvalue weighted by molar-refractivity contribution is 0.0926. The molecule has 0 saturated heterocycles. The Balaban J connectivity index is 1.89. The Kier molecular flexibility index (Phi) is 4.45. The summed E-state index contributed by atoms with van der Waals surface area (Å²) in [5, 5.41) is 0. The van der Waals surface area contributed by atoms with Gasteiger partial charge in [-0.1, -0.05) is 19.1 Å². The SMILES string of the molecule is CCC(C)NS(=O)(=O)c1ccc(N2C(=O)c3ccccc3C2=O)cc1. The fraction of sp³-hybridized carbons (Fsp3) is 0.222. The maximum absolute atomic E-state index is 12.4. The van der Waals surface area contributed by atoms with Gasteiger partial charge in [0, 0.05) is 6.04 Å². The van der Waals surface area contributed by atoms with Crippen molar-refractivity contribution in [1.29, 1.82) is 0 Å². The zero-order chi connectivity index (χ0) is 18.2. The number of carbonyl (C=O) groups excluding carboxylic acids is 2. The van der Waals surface area contributed by atoms with Gasteiger partial charge in [-0.05, 0) is 49.7 Å². The molecule has 0 spiro atoms. The summed E-state index contributed by atoms with van der Waals surface area (Å²) in [6.07, 6.45) is 0.673. The van der Waals surface area contributed by atoms with Crippen molar-refractivity contribution < 1.29 is 18.0 Å². The van der Waals surface area contributed by atoms with E-state index in [-0.39, 0.29) is 10.9 Å². The van der Waals surface area contributed by atoms with Gasteiger partial charge in [-0.2, -0.15) is 0 Å². The van der Waals surface area contributed by atoms with Crippen LogP contribution in [0.4, 0.5) is 5.69 Å². The van der Waals surface area contributed by atoms with E-state index >= 15 is 0 Å². The third-order valence-corrected chi connectivity index (χ3v) is 5.77. The van der Waals surface area contributed by atoms with Crippen LogP contribution < -0.4 is 9.62 Å².